The number of carbonyl (C=O) groups excluding carboxylic acids is 1. The summed E-state index contributed by atoms with van der Waals surface area (Å²) in [6.45, 7) is 9.17. The van der Waals surface area contributed by atoms with Crippen molar-refractivity contribution >= 4 is 6.29 Å². The topological polar surface area (TPSA) is 17.1 Å². The van der Waals surface area contributed by atoms with Crippen molar-refractivity contribution in [1.82, 2.24) is 0 Å². The lowest BCUT2D eigenvalue weighted by atomic mass is 9.70. The lowest BCUT2D eigenvalue weighted by Gasteiger charge is -2.32. The van der Waals surface area contributed by atoms with Crippen LogP contribution in [-0.4, -0.2) is 6.29 Å². The van der Waals surface area contributed by atoms with Gasteiger partial charge in [0.15, 0.2) is 0 Å². The number of hydrogen-bond acceptors (Lipinski definition) is 1. The molecular weight excluding hydrogens is 653 g/mol. The Labute approximate surface area is 324 Å². The van der Waals surface area contributed by atoms with Crippen LogP contribution in [0.1, 0.15) is 160 Å². The Morgan fingerprint density at radius 3 is 1.19 bits per heavy atom. The molecule has 0 aliphatic heterocycles. The van der Waals surface area contributed by atoms with Crippen molar-refractivity contribution in [1.29, 1.82) is 0 Å². The van der Waals surface area contributed by atoms with Crippen molar-refractivity contribution in [3.63, 3.8) is 0 Å². The molecule has 0 amide bonds. The summed E-state index contributed by atoms with van der Waals surface area (Å²) in [6, 6.07) is 37.4. The minimum absolute atomic E-state index is 0.0296. The van der Waals surface area contributed by atoms with Crippen LogP contribution in [-0.2, 0) is 10.8 Å². The smallest absolute Gasteiger partial charge is 0.150 e. The Kier molecular flexibility index (Phi) is 11.4. The number of hydrogen-bond donors (Lipinski definition) is 0. The van der Waals surface area contributed by atoms with E-state index < -0.39 is 0 Å². The zero-order valence-corrected chi connectivity index (χ0v) is 32.8. The Morgan fingerprint density at radius 1 is 0.426 bits per heavy atom. The average Bonchev–Trinajstić information content (AvgIpc) is 3.65. The average molecular weight is 707 g/mol. The molecule has 0 N–H and O–H groups in total. The van der Waals surface area contributed by atoms with Gasteiger partial charge in [-0.3, -0.25) is 4.79 Å². The van der Waals surface area contributed by atoms with Gasteiger partial charge in [0.05, 0.1) is 0 Å². The van der Waals surface area contributed by atoms with E-state index in [1.165, 1.54) is 95.9 Å². The van der Waals surface area contributed by atoms with Crippen molar-refractivity contribution in [3.05, 3.63) is 153 Å². The molecule has 5 aromatic carbocycles. The highest BCUT2D eigenvalue weighted by atomic mass is 16.1. The first-order valence-electron chi connectivity index (χ1n) is 20.6. The Balaban J connectivity index is 1.22. The van der Waals surface area contributed by atoms with E-state index in [9.17, 15) is 4.79 Å². The summed E-state index contributed by atoms with van der Waals surface area (Å²) in [5, 5.41) is 0. The Morgan fingerprint density at radius 2 is 0.796 bits per heavy atom. The predicted molar refractivity (Wildman–Crippen MR) is 227 cm³/mol. The Hall–Kier alpha value is -5.11. The standard InChI is InChI=1S/C53H54O/c1-5-9-29-52(30-10-6-2)48-19-15-13-17-44(48)46-27-25-39(36-50(46)52)21-23-41-33-42(35-43(34-41)38-54)24-22-40-26-28-47-45-18-14-16-20-49(45)53(31-11-7-3,32-12-8-4)51(47)37-40/h13-20,25-28,33-38H,5-12,29-32H2,1-4H3. The third kappa shape index (κ3) is 6.99. The van der Waals surface area contributed by atoms with E-state index in [1.807, 2.05) is 18.2 Å². The molecule has 0 aromatic heterocycles. The second kappa shape index (κ2) is 16.5. The van der Waals surface area contributed by atoms with Gasteiger partial charge in [-0.15, -0.1) is 0 Å². The second-order valence-corrected chi connectivity index (χ2v) is 15.7. The normalized spacial score (nSPS) is 13.8. The molecule has 7 rings (SSSR count). The van der Waals surface area contributed by atoms with Gasteiger partial charge in [-0.05, 0) is 113 Å². The summed E-state index contributed by atoms with van der Waals surface area (Å²) in [5.74, 6) is 13.8. The van der Waals surface area contributed by atoms with Crippen LogP contribution in [0.2, 0.25) is 0 Å². The number of aldehydes is 1. The number of unbranched alkanes of at least 4 members (excludes halogenated alkanes) is 4. The first-order valence-corrected chi connectivity index (χ1v) is 20.6. The predicted octanol–water partition coefficient (Wildman–Crippen LogP) is 13.6. The fourth-order valence-corrected chi connectivity index (χ4v) is 9.46. The van der Waals surface area contributed by atoms with Crippen LogP contribution in [0.4, 0.5) is 0 Å². The summed E-state index contributed by atoms with van der Waals surface area (Å²) in [4.78, 5) is 12.1. The second-order valence-electron chi connectivity index (χ2n) is 15.7. The molecule has 2 aliphatic rings. The molecule has 0 saturated carbocycles. The van der Waals surface area contributed by atoms with Crippen molar-refractivity contribution < 1.29 is 4.79 Å². The zero-order chi connectivity index (χ0) is 37.5. The molecule has 0 unspecified atom stereocenters. The summed E-state index contributed by atoms with van der Waals surface area (Å²) in [6.07, 6.45) is 15.1. The Bertz CT molecular complexity index is 2110. The van der Waals surface area contributed by atoms with E-state index in [0.29, 0.717) is 5.56 Å². The summed E-state index contributed by atoms with van der Waals surface area (Å²) >= 11 is 0. The molecular formula is C53H54O. The van der Waals surface area contributed by atoms with E-state index in [2.05, 4.69) is 136 Å². The molecule has 0 bridgehead atoms. The number of carbonyl (C=O) groups is 1. The van der Waals surface area contributed by atoms with Gasteiger partial charge >= 0.3 is 0 Å². The van der Waals surface area contributed by atoms with Crippen LogP contribution in [0, 0.1) is 23.7 Å². The van der Waals surface area contributed by atoms with Crippen LogP contribution >= 0.6 is 0 Å². The SMILES string of the molecule is CCCCC1(CCCC)c2ccccc2-c2ccc(C#Cc3cc(C#Cc4ccc5c(c4)C(CCCC)(CCCC)c4ccccc4-5)cc(C=O)c3)cc21. The van der Waals surface area contributed by atoms with E-state index in [-0.39, 0.29) is 10.8 Å². The fourth-order valence-electron chi connectivity index (χ4n) is 9.46. The highest BCUT2D eigenvalue weighted by Crippen LogP contribution is 2.55. The summed E-state index contributed by atoms with van der Waals surface area (Å²) in [7, 11) is 0. The lowest BCUT2D eigenvalue weighted by molar-refractivity contribution is 0.112. The molecule has 5 aromatic rings. The number of rotatable bonds is 13. The molecule has 0 radical (unpaired) electrons. The molecule has 1 nitrogen and oxygen atoms in total. The van der Waals surface area contributed by atoms with Crippen molar-refractivity contribution in [2.75, 3.05) is 0 Å². The van der Waals surface area contributed by atoms with Crippen LogP contribution in [0.25, 0.3) is 22.3 Å². The van der Waals surface area contributed by atoms with Gasteiger partial charge in [0, 0.05) is 38.6 Å². The molecule has 272 valence electrons. The van der Waals surface area contributed by atoms with Gasteiger partial charge in [0.1, 0.15) is 6.29 Å². The van der Waals surface area contributed by atoms with Gasteiger partial charge in [0.25, 0.3) is 0 Å². The van der Waals surface area contributed by atoms with Crippen LogP contribution in [0.3, 0.4) is 0 Å². The van der Waals surface area contributed by atoms with E-state index in [1.54, 1.807) is 0 Å². The molecule has 2 aliphatic carbocycles. The maximum Gasteiger partial charge on any atom is 0.150 e. The van der Waals surface area contributed by atoms with Crippen LogP contribution in [0.15, 0.2) is 103 Å². The minimum Gasteiger partial charge on any atom is -0.298 e. The zero-order valence-electron chi connectivity index (χ0n) is 32.8. The maximum absolute atomic E-state index is 12.1. The van der Waals surface area contributed by atoms with Gasteiger partial charge in [-0.25, -0.2) is 0 Å². The highest BCUT2D eigenvalue weighted by Gasteiger charge is 2.43. The van der Waals surface area contributed by atoms with Gasteiger partial charge in [0.2, 0.25) is 0 Å². The molecule has 0 heterocycles. The highest BCUT2D eigenvalue weighted by molar-refractivity contribution is 5.83. The van der Waals surface area contributed by atoms with Crippen LogP contribution < -0.4 is 0 Å². The third-order valence-electron chi connectivity index (χ3n) is 12.2. The summed E-state index contributed by atoms with van der Waals surface area (Å²) < 4.78 is 0. The molecule has 1 heteroatoms. The fraction of sp³-hybridized carbons (Fsp3) is 0.340. The first-order chi connectivity index (χ1) is 26.5. The maximum atomic E-state index is 12.1. The van der Waals surface area contributed by atoms with Gasteiger partial charge in [-0.1, -0.05) is 163 Å². The lowest BCUT2D eigenvalue weighted by Crippen LogP contribution is -2.25. The monoisotopic (exact) mass is 706 g/mol. The van der Waals surface area contributed by atoms with Gasteiger partial charge < -0.3 is 0 Å². The minimum atomic E-state index is 0.0296. The molecule has 54 heavy (non-hydrogen) atoms. The van der Waals surface area contributed by atoms with E-state index in [4.69, 9.17) is 0 Å². The number of fused-ring (bicyclic) bond motifs is 6. The third-order valence-corrected chi connectivity index (χ3v) is 12.2. The number of benzene rings is 5. The van der Waals surface area contributed by atoms with Crippen molar-refractivity contribution in [3.8, 4) is 45.9 Å². The molecule has 0 fully saturated rings. The van der Waals surface area contributed by atoms with Crippen LogP contribution in [0.5, 0.6) is 0 Å². The molecule has 0 atom stereocenters. The van der Waals surface area contributed by atoms with Crippen molar-refractivity contribution in [2.45, 2.75) is 116 Å². The quantitative estimate of drug-likeness (QED) is 0.0880. The molecule has 0 spiro atoms. The molecule has 0 saturated heterocycles. The van der Waals surface area contributed by atoms with E-state index in [0.717, 1.165) is 54.2 Å². The largest absolute Gasteiger partial charge is 0.298 e. The first kappa shape index (κ1) is 37.2. The van der Waals surface area contributed by atoms with Crippen molar-refractivity contribution in [2.24, 2.45) is 0 Å². The van der Waals surface area contributed by atoms with E-state index >= 15 is 0 Å². The van der Waals surface area contributed by atoms with Gasteiger partial charge in [-0.2, -0.15) is 0 Å². The summed E-state index contributed by atoms with van der Waals surface area (Å²) in [5.41, 5.74) is 15.6.